The number of nitro groups is 1. The number of nitrogens with zero attached hydrogens (tertiary/aromatic N) is 4. The van der Waals surface area contributed by atoms with Crippen LogP contribution in [0.3, 0.4) is 0 Å². The fourth-order valence-electron chi connectivity index (χ4n) is 2.79. The summed E-state index contributed by atoms with van der Waals surface area (Å²) in [6, 6.07) is 19.5. The van der Waals surface area contributed by atoms with Gasteiger partial charge in [0.05, 0.1) is 4.92 Å². The van der Waals surface area contributed by atoms with E-state index in [1.807, 2.05) is 66.7 Å². The summed E-state index contributed by atoms with van der Waals surface area (Å²) in [5, 5.41) is 15.8. The van der Waals surface area contributed by atoms with E-state index < -0.39 is 22.0 Å². The van der Waals surface area contributed by atoms with Crippen molar-refractivity contribution in [2.75, 3.05) is 5.73 Å². The molecule has 2 aromatic heterocycles. The van der Waals surface area contributed by atoms with Crippen LogP contribution in [0.4, 0.5) is 11.5 Å². The van der Waals surface area contributed by atoms with Crippen LogP contribution in [0.1, 0.15) is 16.1 Å². The van der Waals surface area contributed by atoms with E-state index in [9.17, 15) is 14.9 Å². The minimum absolute atomic E-state index is 0.194. The average molecular weight is 391 g/mol. The SMILES string of the molecule is Nc1nc2sc(C=C(c3ccccc3)c3ccccc3)nn2c(=O)c1[N+](=O)[O-]. The van der Waals surface area contributed by atoms with Gasteiger partial charge in [0.15, 0.2) is 0 Å². The van der Waals surface area contributed by atoms with Gasteiger partial charge in [0.1, 0.15) is 5.01 Å². The monoisotopic (exact) mass is 391 g/mol. The first-order valence-corrected chi connectivity index (χ1v) is 9.02. The van der Waals surface area contributed by atoms with Crippen LogP contribution in [0.5, 0.6) is 0 Å². The van der Waals surface area contributed by atoms with Gasteiger partial charge in [0.25, 0.3) is 0 Å². The highest BCUT2D eigenvalue weighted by Crippen LogP contribution is 2.27. The summed E-state index contributed by atoms with van der Waals surface area (Å²) in [4.78, 5) is 26.7. The molecule has 0 radical (unpaired) electrons. The molecule has 0 atom stereocenters. The van der Waals surface area contributed by atoms with Gasteiger partial charge in [0.2, 0.25) is 10.8 Å². The Labute approximate surface area is 162 Å². The highest BCUT2D eigenvalue weighted by Gasteiger charge is 2.23. The summed E-state index contributed by atoms with van der Waals surface area (Å²) >= 11 is 1.13. The van der Waals surface area contributed by atoms with Crippen molar-refractivity contribution in [3.8, 4) is 0 Å². The van der Waals surface area contributed by atoms with Crippen LogP contribution in [0.2, 0.25) is 0 Å². The lowest BCUT2D eigenvalue weighted by Crippen LogP contribution is -2.20. The van der Waals surface area contributed by atoms with E-state index in [4.69, 9.17) is 5.73 Å². The molecule has 0 aliphatic carbocycles. The van der Waals surface area contributed by atoms with E-state index in [1.54, 1.807) is 0 Å². The van der Waals surface area contributed by atoms with E-state index in [0.717, 1.165) is 32.6 Å². The van der Waals surface area contributed by atoms with Crippen LogP contribution in [0, 0.1) is 10.1 Å². The summed E-state index contributed by atoms with van der Waals surface area (Å²) in [6.07, 6.45) is 1.82. The van der Waals surface area contributed by atoms with Gasteiger partial charge < -0.3 is 5.73 Å². The molecule has 2 heterocycles. The zero-order chi connectivity index (χ0) is 19.7. The first kappa shape index (κ1) is 17.6. The van der Waals surface area contributed by atoms with Gasteiger partial charge in [-0.1, -0.05) is 72.0 Å². The van der Waals surface area contributed by atoms with Crippen LogP contribution >= 0.6 is 11.3 Å². The molecule has 4 rings (SSSR count). The first-order valence-electron chi connectivity index (χ1n) is 8.21. The highest BCUT2D eigenvalue weighted by atomic mass is 32.1. The molecule has 0 bridgehead atoms. The van der Waals surface area contributed by atoms with Gasteiger partial charge in [-0.15, -0.1) is 0 Å². The van der Waals surface area contributed by atoms with Crippen LogP contribution in [-0.4, -0.2) is 19.5 Å². The summed E-state index contributed by atoms with van der Waals surface area (Å²) < 4.78 is 0.915. The van der Waals surface area contributed by atoms with Crippen molar-refractivity contribution in [1.82, 2.24) is 14.6 Å². The topological polar surface area (TPSA) is 116 Å². The predicted molar refractivity (Wildman–Crippen MR) is 108 cm³/mol. The molecule has 0 aliphatic heterocycles. The van der Waals surface area contributed by atoms with E-state index in [1.165, 1.54) is 0 Å². The fraction of sp³-hybridized carbons (Fsp3) is 0. The Bertz CT molecular complexity index is 1220. The molecule has 28 heavy (non-hydrogen) atoms. The summed E-state index contributed by atoms with van der Waals surface area (Å²) in [5.41, 5.74) is 6.75. The maximum Gasteiger partial charge on any atom is 0.377 e. The number of rotatable bonds is 4. The number of fused-ring (bicyclic) bond motifs is 1. The van der Waals surface area contributed by atoms with Gasteiger partial charge >= 0.3 is 11.2 Å². The zero-order valence-electron chi connectivity index (χ0n) is 14.4. The molecular formula is C19H13N5O3S. The third kappa shape index (κ3) is 3.14. The van der Waals surface area contributed by atoms with Crippen molar-refractivity contribution in [2.24, 2.45) is 0 Å². The van der Waals surface area contributed by atoms with Crippen LogP contribution in [-0.2, 0) is 0 Å². The molecule has 0 fully saturated rings. The Morgan fingerprint density at radius 3 is 2.18 bits per heavy atom. The number of hydrogen-bond donors (Lipinski definition) is 1. The Balaban J connectivity index is 1.92. The number of anilines is 1. The molecular weight excluding hydrogens is 378 g/mol. The summed E-state index contributed by atoms with van der Waals surface area (Å²) in [7, 11) is 0. The molecule has 0 aliphatic rings. The van der Waals surface area contributed by atoms with Crippen molar-refractivity contribution in [2.45, 2.75) is 0 Å². The maximum absolute atomic E-state index is 12.4. The minimum atomic E-state index is -0.899. The van der Waals surface area contributed by atoms with Crippen molar-refractivity contribution < 1.29 is 4.92 Å². The second-order valence-electron chi connectivity index (χ2n) is 5.83. The quantitative estimate of drug-likeness (QED) is 0.422. The molecule has 4 aromatic rings. The molecule has 0 unspecified atom stereocenters. The zero-order valence-corrected chi connectivity index (χ0v) is 15.2. The first-order chi connectivity index (χ1) is 13.5. The van der Waals surface area contributed by atoms with Gasteiger partial charge in [-0.25, -0.2) is 0 Å². The average Bonchev–Trinajstić information content (AvgIpc) is 3.10. The van der Waals surface area contributed by atoms with Gasteiger partial charge in [0, 0.05) is 0 Å². The van der Waals surface area contributed by atoms with E-state index in [-0.39, 0.29) is 4.96 Å². The normalized spacial score (nSPS) is 10.7. The standard InChI is InChI=1S/C19H13N5O3S/c20-17-16(24(26)27)18(25)23-19(21-17)28-15(22-23)11-14(12-7-3-1-4-8-12)13-9-5-2-6-10-13/h1-11H,20H2. The molecule has 138 valence electrons. The fourth-order valence-corrected chi connectivity index (χ4v) is 3.63. The molecule has 9 heteroatoms. The van der Waals surface area contributed by atoms with Crippen LogP contribution in [0.15, 0.2) is 65.5 Å². The molecule has 2 N–H and O–H groups in total. The smallest absolute Gasteiger partial charge is 0.377 e. The summed E-state index contributed by atoms with van der Waals surface area (Å²) in [5.74, 6) is -0.416. The van der Waals surface area contributed by atoms with Crippen LogP contribution in [0.25, 0.3) is 16.6 Å². The maximum atomic E-state index is 12.4. The van der Waals surface area contributed by atoms with Crippen molar-refractivity contribution in [3.05, 3.63) is 97.3 Å². The summed E-state index contributed by atoms with van der Waals surface area (Å²) in [6.45, 7) is 0. The minimum Gasteiger partial charge on any atom is -0.378 e. The molecule has 0 saturated heterocycles. The second kappa shape index (κ2) is 7.05. The number of aromatic nitrogens is 3. The lowest BCUT2D eigenvalue weighted by atomic mass is 9.98. The van der Waals surface area contributed by atoms with Crippen molar-refractivity contribution >= 4 is 39.5 Å². The van der Waals surface area contributed by atoms with Crippen LogP contribution < -0.4 is 11.3 Å². The second-order valence-corrected chi connectivity index (χ2v) is 6.82. The molecule has 8 nitrogen and oxygen atoms in total. The molecule has 0 amide bonds. The molecule has 2 aromatic carbocycles. The number of benzene rings is 2. The Hall–Kier alpha value is -3.85. The Kier molecular flexibility index (Phi) is 4.42. The molecule has 0 saturated carbocycles. The highest BCUT2D eigenvalue weighted by molar-refractivity contribution is 7.17. The lowest BCUT2D eigenvalue weighted by molar-refractivity contribution is -0.385. The third-order valence-corrected chi connectivity index (χ3v) is 4.90. The number of hydrogen-bond acceptors (Lipinski definition) is 7. The predicted octanol–water partition coefficient (Wildman–Crippen LogP) is 3.23. The van der Waals surface area contributed by atoms with E-state index in [0.29, 0.717) is 5.01 Å². The number of nitrogen functional groups attached to an aromatic ring is 1. The Morgan fingerprint density at radius 1 is 1.07 bits per heavy atom. The van der Waals surface area contributed by atoms with Crippen molar-refractivity contribution in [1.29, 1.82) is 0 Å². The van der Waals surface area contributed by atoms with Gasteiger partial charge in [-0.05, 0) is 22.8 Å². The number of nitrogens with two attached hydrogens (primary N) is 1. The third-order valence-electron chi connectivity index (χ3n) is 4.05. The lowest BCUT2D eigenvalue weighted by Gasteiger charge is -2.07. The largest absolute Gasteiger partial charge is 0.378 e. The van der Waals surface area contributed by atoms with Gasteiger partial charge in [-0.2, -0.15) is 14.6 Å². The van der Waals surface area contributed by atoms with Crippen molar-refractivity contribution in [3.63, 3.8) is 0 Å². The van der Waals surface area contributed by atoms with E-state index in [2.05, 4.69) is 10.1 Å². The van der Waals surface area contributed by atoms with E-state index >= 15 is 0 Å². The molecule has 0 spiro atoms. The Morgan fingerprint density at radius 2 is 1.64 bits per heavy atom. The van der Waals surface area contributed by atoms with Gasteiger partial charge in [-0.3, -0.25) is 14.9 Å².